The third-order valence-electron chi connectivity index (χ3n) is 4.46. The van der Waals surface area contributed by atoms with Crippen molar-refractivity contribution < 1.29 is 19.0 Å². The number of primary amides is 1. The fraction of sp³-hybridized carbons (Fsp3) is 0.529. The van der Waals surface area contributed by atoms with Gasteiger partial charge in [-0.05, 0) is 30.5 Å². The summed E-state index contributed by atoms with van der Waals surface area (Å²) in [6.07, 6.45) is 1.16. The van der Waals surface area contributed by atoms with Crippen molar-refractivity contribution in [1.82, 2.24) is 5.32 Å². The molecule has 0 bridgehead atoms. The lowest BCUT2D eigenvalue weighted by molar-refractivity contribution is -0.132. The fourth-order valence-corrected chi connectivity index (χ4v) is 2.74. The van der Waals surface area contributed by atoms with Gasteiger partial charge in [0.1, 0.15) is 0 Å². The number of hydrogen-bond donors (Lipinski definition) is 3. The maximum atomic E-state index is 11.8. The lowest BCUT2D eigenvalue weighted by Crippen LogP contribution is -2.50. The summed E-state index contributed by atoms with van der Waals surface area (Å²) in [7, 11) is 3.17. The summed E-state index contributed by atoms with van der Waals surface area (Å²) in [5, 5.41) is 3.01. The van der Waals surface area contributed by atoms with E-state index in [2.05, 4.69) is 10.3 Å². The molecule has 0 unspecified atom stereocenters. The predicted octanol–water partition coefficient (Wildman–Crippen LogP) is 1.01. The van der Waals surface area contributed by atoms with Crippen molar-refractivity contribution in [3.63, 3.8) is 0 Å². The van der Waals surface area contributed by atoms with Crippen molar-refractivity contribution in [2.75, 3.05) is 34.0 Å². The molecule has 1 amide bonds. The Balaban J connectivity index is 0.00000338. The Morgan fingerprint density at radius 3 is 2.46 bits per heavy atom. The number of hydrogen-bond acceptors (Lipinski definition) is 5. The number of halogens is 1. The van der Waals surface area contributed by atoms with Crippen molar-refractivity contribution in [2.24, 2.45) is 21.9 Å². The monoisotopic (exact) mass is 478 g/mol. The first-order valence-corrected chi connectivity index (χ1v) is 8.13. The quantitative estimate of drug-likeness (QED) is 0.306. The number of nitrogens with one attached hydrogen (secondary N) is 1. The largest absolute Gasteiger partial charge is 0.493 e. The highest BCUT2D eigenvalue weighted by Gasteiger charge is 2.38. The van der Waals surface area contributed by atoms with Crippen LogP contribution in [0.2, 0.25) is 0 Å². The van der Waals surface area contributed by atoms with E-state index in [0.29, 0.717) is 50.6 Å². The number of ether oxygens (including phenoxy) is 3. The zero-order valence-electron chi connectivity index (χ0n) is 15.1. The number of nitrogens with zero attached hydrogens (tertiary/aromatic N) is 1. The molecule has 1 saturated heterocycles. The minimum absolute atomic E-state index is 0. The highest BCUT2D eigenvalue weighted by atomic mass is 127. The predicted molar refractivity (Wildman–Crippen MR) is 110 cm³/mol. The van der Waals surface area contributed by atoms with E-state index in [1.165, 1.54) is 0 Å². The SMILES string of the molecule is COc1ccc(CN=C(N)NCC2(C(N)=O)CCOCC2)cc1OC.I. The van der Waals surface area contributed by atoms with Crippen LogP contribution in [-0.2, 0) is 16.1 Å². The van der Waals surface area contributed by atoms with Gasteiger partial charge in [-0.1, -0.05) is 6.07 Å². The van der Waals surface area contributed by atoms with E-state index in [0.717, 1.165) is 5.56 Å². The maximum Gasteiger partial charge on any atom is 0.225 e. The maximum absolute atomic E-state index is 11.8. The van der Waals surface area contributed by atoms with Gasteiger partial charge in [-0.2, -0.15) is 0 Å². The molecule has 26 heavy (non-hydrogen) atoms. The van der Waals surface area contributed by atoms with Crippen LogP contribution in [0.3, 0.4) is 0 Å². The van der Waals surface area contributed by atoms with Crippen LogP contribution in [0.25, 0.3) is 0 Å². The van der Waals surface area contributed by atoms with Crippen LogP contribution in [0.4, 0.5) is 0 Å². The van der Waals surface area contributed by atoms with Crippen molar-refractivity contribution in [3.05, 3.63) is 23.8 Å². The molecule has 0 saturated carbocycles. The summed E-state index contributed by atoms with van der Waals surface area (Å²) in [4.78, 5) is 16.1. The molecule has 1 aromatic carbocycles. The number of nitrogens with two attached hydrogens (primary N) is 2. The summed E-state index contributed by atoms with van der Waals surface area (Å²) in [5.74, 6) is 1.22. The minimum atomic E-state index is -0.637. The van der Waals surface area contributed by atoms with Gasteiger partial charge in [-0.25, -0.2) is 4.99 Å². The average molecular weight is 478 g/mol. The smallest absolute Gasteiger partial charge is 0.225 e. The first kappa shape index (κ1) is 22.3. The zero-order chi connectivity index (χ0) is 18.3. The number of methoxy groups -OCH3 is 2. The molecular weight excluding hydrogens is 451 g/mol. The Labute approximate surface area is 170 Å². The standard InChI is InChI=1S/C17H26N4O4.HI/c1-23-13-4-3-12(9-14(13)24-2)10-20-16(19)21-11-17(15(18)22)5-7-25-8-6-17;/h3-4,9H,5-8,10-11H2,1-2H3,(H2,18,22)(H3,19,20,21);1H. The first-order valence-electron chi connectivity index (χ1n) is 8.13. The van der Waals surface area contributed by atoms with Gasteiger partial charge in [0.15, 0.2) is 17.5 Å². The third-order valence-corrected chi connectivity index (χ3v) is 4.46. The second-order valence-corrected chi connectivity index (χ2v) is 6.00. The molecular formula is C17H27IN4O4. The van der Waals surface area contributed by atoms with Gasteiger partial charge in [0.2, 0.25) is 5.91 Å². The molecule has 1 aromatic rings. The van der Waals surface area contributed by atoms with Crippen LogP contribution >= 0.6 is 24.0 Å². The van der Waals surface area contributed by atoms with Gasteiger partial charge in [0.25, 0.3) is 0 Å². The molecule has 146 valence electrons. The second kappa shape index (κ2) is 10.4. The van der Waals surface area contributed by atoms with E-state index in [-0.39, 0.29) is 35.8 Å². The molecule has 1 heterocycles. The Kier molecular flexibility index (Phi) is 8.93. The van der Waals surface area contributed by atoms with E-state index in [1.807, 2.05) is 18.2 Å². The molecule has 0 atom stereocenters. The highest BCUT2D eigenvalue weighted by molar-refractivity contribution is 14.0. The molecule has 1 aliphatic heterocycles. The number of benzene rings is 1. The van der Waals surface area contributed by atoms with Gasteiger partial charge in [-0.15, -0.1) is 24.0 Å². The summed E-state index contributed by atoms with van der Waals surface area (Å²) in [5.41, 5.74) is 11.8. The molecule has 1 aliphatic rings. The van der Waals surface area contributed by atoms with Crippen molar-refractivity contribution in [2.45, 2.75) is 19.4 Å². The lowest BCUT2D eigenvalue weighted by atomic mass is 9.79. The number of guanidine groups is 1. The topological polar surface area (TPSA) is 121 Å². The Morgan fingerprint density at radius 1 is 1.23 bits per heavy atom. The van der Waals surface area contributed by atoms with Gasteiger partial charge in [0.05, 0.1) is 26.2 Å². The summed E-state index contributed by atoms with van der Waals surface area (Å²) in [6.45, 7) is 1.78. The van der Waals surface area contributed by atoms with Crippen LogP contribution in [0.5, 0.6) is 11.5 Å². The molecule has 1 fully saturated rings. The fourth-order valence-electron chi connectivity index (χ4n) is 2.74. The molecule has 0 aromatic heterocycles. The number of rotatable bonds is 7. The number of carbonyl (C=O) groups excluding carboxylic acids is 1. The van der Waals surface area contributed by atoms with E-state index >= 15 is 0 Å². The Morgan fingerprint density at radius 2 is 1.88 bits per heavy atom. The summed E-state index contributed by atoms with van der Waals surface area (Å²) in [6, 6.07) is 5.55. The van der Waals surface area contributed by atoms with Crippen LogP contribution in [-0.4, -0.2) is 45.8 Å². The average Bonchev–Trinajstić information content (AvgIpc) is 2.65. The number of amides is 1. The normalized spacial score (nSPS) is 16.3. The van der Waals surface area contributed by atoms with Crippen LogP contribution in [0.15, 0.2) is 23.2 Å². The summed E-state index contributed by atoms with van der Waals surface area (Å²) >= 11 is 0. The Hall–Kier alpha value is -1.75. The lowest BCUT2D eigenvalue weighted by Gasteiger charge is -2.34. The number of carbonyl (C=O) groups is 1. The van der Waals surface area contributed by atoms with Crippen molar-refractivity contribution >= 4 is 35.8 Å². The zero-order valence-corrected chi connectivity index (χ0v) is 17.4. The molecule has 5 N–H and O–H groups in total. The molecule has 0 aliphatic carbocycles. The van der Waals surface area contributed by atoms with Crippen molar-refractivity contribution in [3.8, 4) is 11.5 Å². The van der Waals surface area contributed by atoms with E-state index in [9.17, 15) is 4.79 Å². The Bertz CT molecular complexity index is 633. The molecule has 8 nitrogen and oxygen atoms in total. The van der Waals surface area contributed by atoms with E-state index in [1.54, 1.807) is 14.2 Å². The van der Waals surface area contributed by atoms with Crippen molar-refractivity contribution in [1.29, 1.82) is 0 Å². The van der Waals surface area contributed by atoms with E-state index in [4.69, 9.17) is 25.7 Å². The highest BCUT2D eigenvalue weighted by Crippen LogP contribution is 2.29. The van der Waals surface area contributed by atoms with Gasteiger partial charge < -0.3 is 31.0 Å². The second-order valence-electron chi connectivity index (χ2n) is 6.00. The van der Waals surface area contributed by atoms with Crippen LogP contribution < -0.4 is 26.3 Å². The minimum Gasteiger partial charge on any atom is -0.493 e. The number of aliphatic imine (C=N–C) groups is 1. The van der Waals surface area contributed by atoms with Crippen LogP contribution in [0.1, 0.15) is 18.4 Å². The van der Waals surface area contributed by atoms with Gasteiger partial charge in [0, 0.05) is 19.8 Å². The third kappa shape index (κ3) is 5.63. The first-order chi connectivity index (χ1) is 12.0. The van der Waals surface area contributed by atoms with E-state index < -0.39 is 5.41 Å². The molecule has 2 rings (SSSR count). The van der Waals surface area contributed by atoms with Crippen LogP contribution in [0, 0.1) is 5.41 Å². The molecule has 0 radical (unpaired) electrons. The molecule has 9 heteroatoms. The van der Waals surface area contributed by atoms with Gasteiger partial charge >= 0.3 is 0 Å². The molecule has 0 spiro atoms. The van der Waals surface area contributed by atoms with Gasteiger partial charge in [-0.3, -0.25) is 4.79 Å². The summed E-state index contributed by atoms with van der Waals surface area (Å²) < 4.78 is 15.8.